The molecule has 1 aromatic heterocycles. The second kappa shape index (κ2) is 3.74. The van der Waals surface area contributed by atoms with Gasteiger partial charge in [-0.3, -0.25) is 4.79 Å². The second-order valence-electron chi connectivity index (χ2n) is 3.28. The molecule has 1 radical (unpaired) electrons. The lowest BCUT2D eigenvalue weighted by atomic mass is 10.2. The first-order valence-corrected chi connectivity index (χ1v) is 4.53. The third-order valence-corrected chi connectivity index (χ3v) is 2.28. The molecular formula is C11H10NO3. The molecule has 0 saturated heterocycles. The van der Waals surface area contributed by atoms with Crippen molar-refractivity contribution in [2.75, 3.05) is 0 Å². The molecule has 1 heterocycles. The standard InChI is InChI=1S/C11H10NO3/c13-7-8-5-12(6-11(14)15)10-4-2-1-3-9(8)10/h2-5,13H,6-7H2,(H,14,15). The van der Waals surface area contributed by atoms with Gasteiger partial charge in [0, 0.05) is 22.7 Å². The van der Waals surface area contributed by atoms with E-state index in [-0.39, 0.29) is 13.2 Å². The molecule has 1 aromatic carbocycles. The number of carbonyl (C=O) groups is 1. The third-order valence-electron chi connectivity index (χ3n) is 2.28. The van der Waals surface area contributed by atoms with Crippen molar-refractivity contribution in [1.29, 1.82) is 0 Å². The number of nitrogens with zero attached hydrogens (tertiary/aromatic N) is 1. The second-order valence-corrected chi connectivity index (χ2v) is 3.28. The summed E-state index contributed by atoms with van der Waals surface area (Å²) in [7, 11) is 0. The monoisotopic (exact) mass is 204 g/mol. The Morgan fingerprint density at radius 2 is 2.33 bits per heavy atom. The van der Waals surface area contributed by atoms with Gasteiger partial charge in [-0.15, -0.1) is 0 Å². The molecule has 0 fully saturated rings. The molecule has 15 heavy (non-hydrogen) atoms. The summed E-state index contributed by atoms with van der Waals surface area (Å²) in [6, 6.07) is 8.17. The molecule has 0 unspecified atom stereocenters. The van der Waals surface area contributed by atoms with Crippen molar-refractivity contribution in [3.63, 3.8) is 0 Å². The van der Waals surface area contributed by atoms with Crippen molar-refractivity contribution in [3.05, 3.63) is 36.0 Å². The van der Waals surface area contributed by atoms with Crippen LogP contribution < -0.4 is 0 Å². The van der Waals surface area contributed by atoms with E-state index in [1.807, 2.05) is 0 Å². The highest BCUT2D eigenvalue weighted by Crippen LogP contribution is 2.20. The number of fused-ring (bicyclic) bond motifs is 1. The number of hydrogen-bond donors (Lipinski definition) is 2. The fraction of sp³-hybridized carbons (Fsp3) is 0.182. The lowest BCUT2D eigenvalue weighted by Crippen LogP contribution is -2.07. The maximum absolute atomic E-state index is 10.6. The fourth-order valence-electron chi connectivity index (χ4n) is 1.66. The van der Waals surface area contributed by atoms with Gasteiger partial charge in [-0.2, -0.15) is 0 Å². The van der Waals surface area contributed by atoms with Crippen molar-refractivity contribution < 1.29 is 15.0 Å². The Hall–Kier alpha value is -1.81. The number of benzene rings is 1. The van der Waals surface area contributed by atoms with Gasteiger partial charge in [0.15, 0.2) is 0 Å². The molecular weight excluding hydrogens is 194 g/mol. The highest BCUT2D eigenvalue weighted by atomic mass is 16.4. The van der Waals surface area contributed by atoms with Gasteiger partial charge in [0.05, 0.1) is 6.61 Å². The van der Waals surface area contributed by atoms with Gasteiger partial charge in [0.1, 0.15) is 6.54 Å². The lowest BCUT2D eigenvalue weighted by molar-refractivity contribution is -0.137. The van der Waals surface area contributed by atoms with Gasteiger partial charge in [-0.25, -0.2) is 0 Å². The Bertz CT molecular complexity index is 502. The minimum Gasteiger partial charge on any atom is -0.480 e. The van der Waals surface area contributed by atoms with Crippen molar-refractivity contribution in [3.8, 4) is 0 Å². The zero-order valence-corrected chi connectivity index (χ0v) is 7.97. The molecule has 0 bridgehead atoms. The van der Waals surface area contributed by atoms with Crippen LogP contribution in [-0.2, 0) is 17.9 Å². The largest absolute Gasteiger partial charge is 0.480 e. The Kier molecular flexibility index (Phi) is 2.43. The van der Waals surface area contributed by atoms with Crippen LogP contribution in [0.25, 0.3) is 10.9 Å². The number of aliphatic hydroxyl groups is 1. The number of aliphatic carboxylic acids is 1. The average Bonchev–Trinajstić information content (AvgIpc) is 2.56. The van der Waals surface area contributed by atoms with Crippen molar-refractivity contribution in [1.82, 2.24) is 4.57 Å². The molecule has 2 aromatic rings. The average molecular weight is 204 g/mol. The zero-order chi connectivity index (χ0) is 10.8. The first kappa shape index (κ1) is 9.73. The Morgan fingerprint density at radius 3 is 3.00 bits per heavy atom. The molecule has 0 amide bonds. The van der Waals surface area contributed by atoms with E-state index in [2.05, 4.69) is 6.07 Å². The van der Waals surface area contributed by atoms with E-state index < -0.39 is 5.97 Å². The topological polar surface area (TPSA) is 62.5 Å². The molecule has 0 saturated carbocycles. The van der Waals surface area contributed by atoms with E-state index in [1.165, 1.54) is 0 Å². The number of hydrogen-bond acceptors (Lipinski definition) is 2. The normalized spacial score (nSPS) is 10.7. The fourth-order valence-corrected chi connectivity index (χ4v) is 1.66. The molecule has 0 aliphatic rings. The number of carboxylic acid groups (broad SMARTS) is 1. The third kappa shape index (κ3) is 1.71. The van der Waals surface area contributed by atoms with Gasteiger partial charge in [0.2, 0.25) is 0 Å². The quantitative estimate of drug-likeness (QED) is 0.784. The van der Waals surface area contributed by atoms with Crippen molar-refractivity contribution >= 4 is 16.9 Å². The van der Waals surface area contributed by atoms with Crippen molar-refractivity contribution in [2.24, 2.45) is 0 Å². The van der Waals surface area contributed by atoms with E-state index in [0.717, 1.165) is 16.5 Å². The SMILES string of the molecule is O=C(O)Cn1cc(CO)c2c[c]ccc21. The molecule has 0 atom stereocenters. The van der Waals surface area contributed by atoms with Crippen LogP contribution >= 0.6 is 0 Å². The maximum Gasteiger partial charge on any atom is 0.323 e. The summed E-state index contributed by atoms with van der Waals surface area (Å²) in [5.74, 6) is -0.899. The summed E-state index contributed by atoms with van der Waals surface area (Å²) in [6.07, 6.45) is 1.66. The minimum absolute atomic E-state index is 0.0963. The number of aromatic nitrogens is 1. The summed E-state index contributed by atoms with van der Waals surface area (Å²) in [5, 5.41) is 18.7. The van der Waals surface area contributed by atoms with Crippen LogP contribution in [0.3, 0.4) is 0 Å². The van der Waals surface area contributed by atoms with Gasteiger partial charge in [-0.05, 0) is 18.2 Å². The van der Waals surface area contributed by atoms with E-state index in [9.17, 15) is 4.79 Å². The molecule has 0 spiro atoms. The van der Waals surface area contributed by atoms with Gasteiger partial charge >= 0.3 is 5.97 Å². The van der Waals surface area contributed by atoms with Crippen LogP contribution in [0.1, 0.15) is 5.56 Å². The molecule has 4 nitrogen and oxygen atoms in total. The smallest absolute Gasteiger partial charge is 0.323 e. The Balaban J connectivity index is 2.59. The zero-order valence-electron chi connectivity index (χ0n) is 7.97. The van der Waals surface area contributed by atoms with Crippen molar-refractivity contribution in [2.45, 2.75) is 13.2 Å². The molecule has 77 valence electrons. The van der Waals surface area contributed by atoms with Crippen LogP contribution in [0.5, 0.6) is 0 Å². The predicted molar refractivity (Wildman–Crippen MR) is 54.3 cm³/mol. The van der Waals surface area contributed by atoms with E-state index in [0.29, 0.717) is 0 Å². The van der Waals surface area contributed by atoms with Gasteiger partial charge in [-0.1, -0.05) is 6.07 Å². The predicted octanol–water partition coefficient (Wildman–Crippen LogP) is 1.02. The summed E-state index contributed by atoms with van der Waals surface area (Å²) in [5.41, 5.74) is 1.53. The Morgan fingerprint density at radius 1 is 1.53 bits per heavy atom. The van der Waals surface area contributed by atoms with Crippen LogP contribution in [-0.4, -0.2) is 20.7 Å². The van der Waals surface area contributed by atoms with E-state index in [4.69, 9.17) is 10.2 Å². The molecule has 2 N–H and O–H groups in total. The van der Waals surface area contributed by atoms with Crippen LogP contribution in [0.2, 0.25) is 0 Å². The van der Waals surface area contributed by atoms with Gasteiger partial charge in [0.25, 0.3) is 0 Å². The molecule has 4 heteroatoms. The van der Waals surface area contributed by atoms with Crippen LogP contribution in [0.4, 0.5) is 0 Å². The summed E-state index contributed by atoms with van der Waals surface area (Å²) in [6.45, 7) is -0.193. The van der Waals surface area contributed by atoms with Crippen LogP contribution in [0.15, 0.2) is 24.4 Å². The summed E-state index contributed by atoms with van der Waals surface area (Å²) >= 11 is 0. The lowest BCUT2D eigenvalue weighted by Gasteiger charge is -1.99. The van der Waals surface area contributed by atoms with Crippen LogP contribution in [0, 0.1) is 6.07 Å². The summed E-state index contributed by atoms with van der Waals surface area (Å²) in [4.78, 5) is 10.6. The summed E-state index contributed by atoms with van der Waals surface area (Å²) < 4.78 is 1.61. The number of carboxylic acids is 1. The van der Waals surface area contributed by atoms with E-state index in [1.54, 1.807) is 29.0 Å². The van der Waals surface area contributed by atoms with Gasteiger partial charge < -0.3 is 14.8 Å². The highest BCUT2D eigenvalue weighted by Gasteiger charge is 2.08. The molecule has 2 rings (SSSR count). The first-order valence-electron chi connectivity index (χ1n) is 4.53. The molecule has 0 aliphatic heterocycles. The molecule has 0 aliphatic carbocycles. The minimum atomic E-state index is -0.899. The maximum atomic E-state index is 10.6. The van der Waals surface area contributed by atoms with E-state index >= 15 is 0 Å². The first-order chi connectivity index (χ1) is 7.22. The highest BCUT2D eigenvalue weighted by molar-refractivity contribution is 5.85. The Labute approximate surface area is 86.4 Å². The number of aliphatic hydroxyl groups excluding tert-OH is 1. The number of rotatable bonds is 3.